The molecule has 2 amide bonds. The molecular weight excluding hydrogens is 479 g/mol. The summed E-state index contributed by atoms with van der Waals surface area (Å²) in [5.41, 5.74) is 2.06. The predicted molar refractivity (Wildman–Crippen MR) is 125 cm³/mol. The molecule has 2 N–H and O–H groups in total. The van der Waals surface area contributed by atoms with Crippen molar-refractivity contribution in [2.24, 2.45) is 5.10 Å². The molecule has 0 saturated heterocycles. The van der Waals surface area contributed by atoms with E-state index < -0.39 is 29.5 Å². The van der Waals surface area contributed by atoms with E-state index in [0.717, 1.165) is 24.3 Å². The van der Waals surface area contributed by atoms with Crippen molar-refractivity contribution in [3.8, 4) is 11.5 Å². The summed E-state index contributed by atoms with van der Waals surface area (Å²) in [6.45, 7) is 1.52. The number of hydrazone groups is 1. The molecular formula is C25H20F3N3O5. The number of para-hydroxylation sites is 1. The third-order valence-electron chi connectivity index (χ3n) is 4.81. The fourth-order valence-electron chi connectivity index (χ4n) is 2.92. The standard InChI is InChI=1S/C25H20F3N3O5/c1-15(30-31-23(33)22(32)29-18-11-9-17(10-12-18)25(26,27)28)20-5-3-4-6-21(20)36-24(34)16-7-13-19(35-2)14-8-16/h3-14H,1-2H3,(H,29,32)(H,31,33). The molecule has 0 spiro atoms. The van der Waals surface area contributed by atoms with Crippen LogP contribution in [0.1, 0.15) is 28.4 Å². The summed E-state index contributed by atoms with van der Waals surface area (Å²) >= 11 is 0. The number of hydrogen-bond acceptors (Lipinski definition) is 6. The topological polar surface area (TPSA) is 106 Å². The van der Waals surface area contributed by atoms with Crippen molar-refractivity contribution in [3.63, 3.8) is 0 Å². The molecule has 0 aliphatic rings. The van der Waals surface area contributed by atoms with Crippen molar-refractivity contribution in [2.45, 2.75) is 13.1 Å². The smallest absolute Gasteiger partial charge is 0.416 e. The maximum absolute atomic E-state index is 12.6. The minimum absolute atomic E-state index is 0.000332. The van der Waals surface area contributed by atoms with E-state index in [4.69, 9.17) is 9.47 Å². The van der Waals surface area contributed by atoms with Gasteiger partial charge in [0.1, 0.15) is 11.5 Å². The second-order valence-electron chi connectivity index (χ2n) is 7.28. The van der Waals surface area contributed by atoms with Gasteiger partial charge in [0.05, 0.1) is 23.9 Å². The molecule has 0 aromatic heterocycles. The molecule has 3 rings (SSSR count). The molecule has 0 bridgehead atoms. The zero-order valence-corrected chi connectivity index (χ0v) is 19.1. The molecule has 0 atom stereocenters. The molecule has 3 aromatic carbocycles. The second kappa shape index (κ2) is 11.2. The highest BCUT2D eigenvalue weighted by Gasteiger charge is 2.30. The second-order valence-corrected chi connectivity index (χ2v) is 7.28. The van der Waals surface area contributed by atoms with Gasteiger partial charge in [-0.2, -0.15) is 18.3 Å². The van der Waals surface area contributed by atoms with E-state index in [0.29, 0.717) is 11.3 Å². The molecule has 36 heavy (non-hydrogen) atoms. The first-order valence-corrected chi connectivity index (χ1v) is 10.4. The maximum atomic E-state index is 12.6. The first-order valence-electron chi connectivity index (χ1n) is 10.4. The van der Waals surface area contributed by atoms with Crippen LogP contribution in [-0.2, 0) is 15.8 Å². The Morgan fingerprint density at radius 2 is 1.50 bits per heavy atom. The van der Waals surface area contributed by atoms with Gasteiger partial charge in [-0.25, -0.2) is 10.2 Å². The van der Waals surface area contributed by atoms with Gasteiger partial charge in [-0.15, -0.1) is 0 Å². The molecule has 3 aromatic rings. The number of methoxy groups -OCH3 is 1. The number of carbonyl (C=O) groups excluding carboxylic acids is 3. The van der Waals surface area contributed by atoms with Crippen LogP contribution in [-0.4, -0.2) is 30.6 Å². The van der Waals surface area contributed by atoms with Crippen molar-refractivity contribution in [3.05, 3.63) is 89.5 Å². The first kappa shape index (κ1) is 25.9. The molecule has 0 aliphatic carbocycles. The maximum Gasteiger partial charge on any atom is 0.416 e. The highest BCUT2D eigenvalue weighted by molar-refractivity contribution is 6.39. The van der Waals surface area contributed by atoms with E-state index >= 15 is 0 Å². The van der Waals surface area contributed by atoms with Crippen molar-refractivity contribution in [1.82, 2.24) is 5.43 Å². The van der Waals surface area contributed by atoms with Crippen LogP contribution in [0.4, 0.5) is 18.9 Å². The number of esters is 1. The molecule has 0 saturated carbocycles. The fraction of sp³-hybridized carbons (Fsp3) is 0.120. The van der Waals surface area contributed by atoms with Gasteiger partial charge in [-0.1, -0.05) is 12.1 Å². The Hall–Kier alpha value is -4.67. The van der Waals surface area contributed by atoms with Crippen molar-refractivity contribution >= 4 is 29.2 Å². The highest BCUT2D eigenvalue weighted by Crippen LogP contribution is 2.29. The number of carbonyl (C=O) groups is 3. The highest BCUT2D eigenvalue weighted by atomic mass is 19.4. The van der Waals surface area contributed by atoms with Crippen molar-refractivity contribution < 1.29 is 37.0 Å². The predicted octanol–water partition coefficient (Wildman–Crippen LogP) is 4.41. The van der Waals surface area contributed by atoms with Crippen LogP contribution in [0.3, 0.4) is 0 Å². The summed E-state index contributed by atoms with van der Waals surface area (Å²) in [6, 6.07) is 16.4. The lowest BCUT2D eigenvalue weighted by molar-refractivity contribution is -0.137. The number of ether oxygens (including phenoxy) is 2. The molecule has 0 unspecified atom stereocenters. The Bertz CT molecular complexity index is 1290. The molecule has 0 heterocycles. The van der Waals surface area contributed by atoms with Crippen LogP contribution in [0.2, 0.25) is 0 Å². The number of halogens is 3. The normalized spacial score (nSPS) is 11.4. The number of alkyl halides is 3. The lowest BCUT2D eigenvalue weighted by Gasteiger charge is -2.11. The minimum atomic E-state index is -4.52. The Morgan fingerprint density at radius 1 is 0.861 bits per heavy atom. The van der Waals surface area contributed by atoms with E-state index in [1.165, 1.54) is 20.1 Å². The minimum Gasteiger partial charge on any atom is -0.497 e. The number of rotatable bonds is 6. The van der Waals surface area contributed by atoms with Gasteiger partial charge in [0, 0.05) is 11.3 Å². The first-order chi connectivity index (χ1) is 17.1. The third kappa shape index (κ3) is 6.69. The Morgan fingerprint density at radius 3 is 2.11 bits per heavy atom. The average Bonchev–Trinajstić information content (AvgIpc) is 2.87. The Kier molecular flexibility index (Phi) is 8.05. The molecule has 0 aliphatic heterocycles. The average molecular weight is 499 g/mol. The van der Waals surface area contributed by atoms with Gasteiger partial charge >= 0.3 is 24.0 Å². The summed E-state index contributed by atoms with van der Waals surface area (Å²) in [6.07, 6.45) is -4.52. The van der Waals surface area contributed by atoms with Crippen LogP contribution in [0.5, 0.6) is 11.5 Å². The Balaban J connectivity index is 1.65. The monoisotopic (exact) mass is 499 g/mol. The summed E-state index contributed by atoms with van der Waals surface area (Å²) in [4.78, 5) is 36.7. The van der Waals surface area contributed by atoms with Gasteiger partial charge in [0.2, 0.25) is 0 Å². The third-order valence-corrected chi connectivity index (χ3v) is 4.81. The zero-order valence-electron chi connectivity index (χ0n) is 19.1. The van der Waals surface area contributed by atoms with Gasteiger partial charge < -0.3 is 14.8 Å². The van der Waals surface area contributed by atoms with Gasteiger partial charge in [0.15, 0.2) is 0 Å². The summed E-state index contributed by atoms with van der Waals surface area (Å²) in [7, 11) is 1.50. The molecule has 0 radical (unpaired) electrons. The zero-order chi connectivity index (χ0) is 26.3. The van der Waals surface area contributed by atoms with Gasteiger partial charge in [-0.3, -0.25) is 9.59 Å². The summed E-state index contributed by atoms with van der Waals surface area (Å²) in [5, 5.41) is 6.05. The number of benzene rings is 3. The number of anilines is 1. The van der Waals surface area contributed by atoms with Gasteiger partial charge in [-0.05, 0) is 67.6 Å². The summed E-state index contributed by atoms with van der Waals surface area (Å²) in [5.74, 6) is -2.17. The lowest BCUT2D eigenvalue weighted by atomic mass is 10.1. The quantitative estimate of drug-likeness (QED) is 0.172. The van der Waals surface area contributed by atoms with E-state index in [1.54, 1.807) is 42.5 Å². The molecule has 11 heteroatoms. The lowest BCUT2D eigenvalue weighted by Crippen LogP contribution is -2.33. The van der Waals surface area contributed by atoms with E-state index in [-0.39, 0.29) is 22.7 Å². The summed E-state index contributed by atoms with van der Waals surface area (Å²) < 4.78 is 48.4. The Labute approximate surface area is 203 Å². The largest absolute Gasteiger partial charge is 0.497 e. The van der Waals surface area contributed by atoms with Crippen LogP contribution < -0.4 is 20.2 Å². The van der Waals surface area contributed by atoms with Crippen LogP contribution >= 0.6 is 0 Å². The van der Waals surface area contributed by atoms with E-state index in [1.807, 2.05) is 0 Å². The van der Waals surface area contributed by atoms with E-state index in [2.05, 4.69) is 15.8 Å². The number of nitrogens with one attached hydrogen (secondary N) is 2. The number of hydrogen-bond donors (Lipinski definition) is 2. The van der Waals surface area contributed by atoms with E-state index in [9.17, 15) is 27.6 Å². The van der Waals surface area contributed by atoms with Crippen LogP contribution in [0, 0.1) is 0 Å². The SMILES string of the molecule is COc1ccc(C(=O)Oc2ccccc2C(C)=NNC(=O)C(=O)Nc2ccc(C(F)(F)F)cc2)cc1. The molecule has 8 nitrogen and oxygen atoms in total. The molecule has 186 valence electrons. The van der Waals surface area contributed by atoms with Crippen LogP contribution in [0.25, 0.3) is 0 Å². The van der Waals surface area contributed by atoms with Crippen LogP contribution in [0.15, 0.2) is 77.9 Å². The number of amides is 2. The fourth-order valence-corrected chi connectivity index (χ4v) is 2.92. The van der Waals surface area contributed by atoms with Crippen molar-refractivity contribution in [2.75, 3.05) is 12.4 Å². The number of nitrogens with zero attached hydrogens (tertiary/aromatic N) is 1. The van der Waals surface area contributed by atoms with Gasteiger partial charge in [0.25, 0.3) is 0 Å². The molecule has 0 fully saturated rings. The van der Waals surface area contributed by atoms with Crippen molar-refractivity contribution in [1.29, 1.82) is 0 Å².